The SMILES string of the molecule is Cc1ccccc1C(=O)NC(CC(C)C)C(=O)Nc1cccc(C(=O)O)c1. The third kappa shape index (κ3) is 5.67. The van der Waals surface area contributed by atoms with E-state index in [0.29, 0.717) is 17.7 Å². The second-order valence-corrected chi connectivity index (χ2v) is 6.85. The third-order valence-corrected chi connectivity index (χ3v) is 4.10. The van der Waals surface area contributed by atoms with Gasteiger partial charge in [-0.3, -0.25) is 9.59 Å². The Bertz CT molecular complexity index is 846. The standard InChI is InChI=1S/C21H24N2O4/c1-13(2)11-18(23-19(24)17-10-5-4-7-14(17)3)20(25)22-16-9-6-8-15(12-16)21(26)27/h4-10,12-13,18H,11H2,1-3H3,(H,22,25)(H,23,24)(H,26,27). The fourth-order valence-corrected chi connectivity index (χ4v) is 2.73. The summed E-state index contributed by atoms with van der Waals surface area (Å²) in [5.41, 5.74) is 1.80. The molecule has 0 aliphatic carbocycles. The summed E-state index contributed by atoms with van der Waals surface area (Å²) in [4.78, 5) is 36.4. The minimum Gasteiger partial charge on any atom is -0.478 e. The first-order chi connectivity index (χ1) is 12.8. The maximum absolute atomic E-state index is 12.7. The highest BCUT2D eigenvalue weighted by Gasteiger charge is 2.23. The Morgan fingerprint density at radius 1 is 1.04 bits per heavy atom. The number of hydrogen-bond acceptors (Lipinski definition) is 3. The van der Waals surface area contributed by atoms with Crippen molar-refractivity contribution in [1.29, 1.82) is 0 Å². The lowest BCUT2D eigenvalue weighted by Gasteiger charge is -2.21. The largest absolute Gasteiger partial charge is 0.478 e. The van der Waals surface area contributed by atoms with Crippen LogP contribution < -0.4 is 10.6 Å². The molecule has 0 radical (unpaired) electrons. The summed E-state index contributed by atoms with van der Waals surface area (Å²) in [6.07, 6.45) is 0.460. The van der Waals surface area contributed by atoms with Crippen LogP contribution in [-0.2, 0) is 4.79 Å². The predicted molar refractivity (Wildman–Crippen MR) is 104 cm³/mol. The molecule has 2 rings (SSSR count). The highest BCUT2D eigenvalue weighted by molar-refractivity contribution is 6.02. The zero-order chi connectivity index (χ0) is 20.0. The van der Waals surface area contributed by atoms with E-state index in [1.807, 2.05) is 32.9 Å². The van der Waals surface area contributed by atoms with Crippen LogP contribution in [0.25, 0.3) is 0 Å². The Labute approximate surface area is 158 Å². The average molecular weight is 368 g/mol. The van der Waals surface area contributed by atoms with Crippen LogP contribution in [0.4, 0.5) is 5.69 Å². The Morgan fingerprint density at radius 3 is 2.37 bits per heavy atom. The number of anilines is 1. The smallest absolute Gasteiger partial charge is 0.335 e. The van der Waals surface area contributed by atoms with Gasteiger partial charge < -0.3 is 15.7 Å². The molecule has 0 saturated carbocycles. The first-order valence-corrected chi connectivity index (χ1v) is 8.78. The number of carbonyl (C=O) groups excluding carboxylic acids is 2. The van der Waals surface area contributed by atoms with E-state index in [-0.39, 0.29) is 23.3 Å². The molecule has 0 spiro atoms. The van der Waals surface area contributed by atoms with Gasteiger partial charge in [-0.15, -0.1) is 0 Å². The highest BCUT2D eigenvalue weighted by Crippen LogP contribution is 2.14. The number of nitrogens with one attached hydrogen (secondary N) is 2. The lowest BCUT2D eigenvalue weighted by Crippen LogP contribution is -2.44. The van der Waals surface area contributed by atoms with Crippen molar-refractivity contribution in [3.05, 3.63) is 65.2 Å². The molecule has 2 aromatic carbocycles. The van der Waals surface area contributed by atoms with Gasteiger partial charge in [0, 0.05) is 11.3 Å². The normalized spacial score (nSPS) is 11.7. The molecule has 0 aliphatic rings. The topological polar surface area (TPSA) is 95.5 Å². The molecular formula is C21H24N2O4. The summed E-state index contributed by atoms with van der Waals surface area (Å²) in [5, 5.41) is 14.6. The van der Waals surface area contributed by atoms with Gasteiger partial charge in [-0.25, -0.2) is 4.79 Å². The molecule has 6 heteroatoms. The second-order valence-electron chi connectivity index (χ2n) is 6.85. The van der Waals surface area contributed by atoms with Crippen LogP contribution >= 0.6 is 0 Å². The molecule has 6 nitrogen and oxygen atoms in total. The van der Waals surface area contributed by atoms with E-state index in [0.717, 1.165) is 5.56 Å². The lowest BCUT2D eigenvalue weighted by molar-refractivity contribution is -0.118. The average Bonchev–Trinajstić information content (AvgIpc) is 2.61. The molecule has 0 fully saturated rings. The van der Waals surface area contributed by atoms with Crippen molar-refractivity contribution in [2.75, 3.05) is 5.32 Å². The van der Waals surface area contributed by atoms with Gasteiger partial charge in [0.05, 0.1) is 5.56 Å². The molecule has 2 amide bonds. The molecule has 0 aliphatic heterocycles. The van der Waals surface area contributed by atoms with Crippen molar-refractivity contribution in [2.24, 2.45) is 5.92 Å². The maximum atomic E-state index is 12.7. The fourth-order valence-electron chi connectivity index (χ4n) is 2.73. The summed E-state index contributed by atoms with van der Waals surface area (Å²) in [6.45, 7) is 5.76. The fraction of sp³-hybridized carbons (Fsp3) is 0.286. The van der Waals surface area contributed by atoms with Gasteiger partial charge >= 0.3 is 5.97 Å². The van der Waals surface area contributed by atoms with E-state index >= 15 is 0 Å². The molecule has 1 atom stereocenters. The number of aromatic carboxylic acids is 1. The van der Waals surface area contributed by atoms with Gasteiger partial charge in [0.15, 0.2) is 0 Å². The Balaban J connectivity index is 2.16. The molecule has 142 valence electrons. The molecule has 0 bridgehead atoms. The van der Waals surface area contributed by atoms with Crippen LogP contribution in [0.3, 0.4) is 0 Å². The van der Waals surface area contributed by atoms with Crippen molar-refractivity contribution >= 4 is 23.5 Å². The van der Waals surface area contributed by atoms with E-state index in [1.165, 1.54) is 12.1 Å². The summed E-state index contributed by atoms with van der Waals surface area (Å²) >= 11 is 0. The van der Waals surface area contributed by atoms with Gasteiger partial charge in [0.2, 0.25) is 5.91 Å². The Kier molecular flexibility index (Phi) is 6.71. The monoisotopic (exact) mass is 368 g/mol. The molecule has 0 heterocycles. The second kappa shape index (κ2) is 8.98. The van der Waals surface area contributed by atoms with Crippen LogP contribution in [0.2, 0.25) is 0 Å². The minimum atomic E-state index is -1.07. The molecule has 2 aromatic rings. The minimum absolute atomic E-state index is 0.0807. The van der Waals surface area contributed by atoms with Crippen molar-refractivity contribution in [3.63, 3.8) is 0 Å². The van der Waals surface area contributed by atoms with Crippen molar-refractivity contribution in [3.8, 4) is 0 Å². The number of carboxylic acids is 1. The summed E-state index contributed by atoms with van der Waals surface area (Å²) in [7, 11) is 0. The van der Waals surface area contributed by atoms with Crippen LogP contribution in [0, 0.1) is 12.8 Å². The van der Waals surface area contributed by atoms with Crippen molar-refractivity contribution in [1.82, 2.24) is 5.32 Å². The molecule has 27 heavy (non-hydrogen) atoms. The van der Waals surface area contributed by atoms with E-state index in [9.17, 15) is 14.4 Å². The third-order valence-electron chi connectivity index (χ3n) is 4.10. The summed E-state index contributed by atoms with van der Waals surface area (Å²) in [6, 6.07) is 12.4. The van der Waals surface area contributed by atoms with Gasteiger partial charge in [0.25, 0.3) is 5.91 Å². The molecule has 0 saturated heterocycles. The highest BCUT2D eigenvalue weighted by atomic mass is 16.4. The molecule has 1 unspecified atom stereocenters. The summed E-state index contributed by atoms with van der Waals surface area (Å²) < 4.78 is 0. The summed E-state index contributed by atoms with van der Waals surface area (Å²) in [5.74, 6) is -1.58. The number of carbonyl (C=O) groups is 3. The Morgan fingerprint density at radius 2 is 1.74 bits per heavy atom. The van der Waals surface area contributed by atoms with Crippen LogP contribution in [0.15, 0.2) is 48.5 Å². The number of carboxylic acid groups (broad SMARTS) is 1. The van der Waals surface area contributed by atoms with Gasteiger partial charge in [0.1, 0.15) is 6.04 Å². The van der Waals surface area contributed by atoms with Crippen LogP contribution in [0.1, 0.15) is 46.5 Å². The first kappa shape index (κ1) is 20.2. The molecule has 3 N–H and O–H groups in total. The lowest BCUT2D eigenvalue weighted by atomic mass is 10.0. The zero-order valence-corrected chi connectivity index (χ0v) is 15.7. The molecular weight excluding hydrogens is 344 g/mol. The van der Waals surface area contributed by atoms with Crippen molar-refractivity contribution < 1.29 is 19.5 Å². The van der Waals surface area contributed by atoms with Crippen molar-refractivity contribution in [2.45, 2.75) is 33.2 Å². The van der Waals surface area contributed by atoms with Crippen LogP contribution in [-0.4, -0.2) is 28.9 Å². The van der Waals surface area contributed by atoms with Crippen LogP contribution in [0.5, 0.6) is 0 Å². The molecule has 0 aromatic heterocycles. The number of benzene rings is 2. The van der Waals surface area contributed by atoms with Gasteiger partial charge in [-0.2, -0.15) is 0 Å². The number of aryl methyl sites for hydroxylation is 1. The Hall–Kier alpha value is -3.15. The predicted octanol–water partition coefficient (Wildman–Crippen LogP) is 3.48. The number of hydrogen-bond donors (Lipinski definition) is 3. The zero-order valence-electron chi connectivity index (χ0n) is 15.7. The van der Waals surface area contributed by atoms with Gasteiger partial charge in [-0.1, -0.05) is 38.1 Å². The quantitative estimate of drug-likeness (QED) is 0.697. The van der Waals surface area contributed by atoms with E-state index in [2.05, 4.69) is 10.6 Å². The van der Waals surface area contributed by atoms with Gasteiger partial charge in [-0.05, 0) is 49.1 Å². The number of rotatable bonds is 7. The van der Waals surface area contributed by atoms with E-state index < -0.39 is 12.0 Å². The first-order valence-electron chi connectivity index (χ1n) is 8.78. The number of amides is 2. The van der Waals surface area contributed by atoms with E-state index in [1.54, 1.807) is 24.3 Å². The maximum Gasteiger partial charge on any atom is 0.335 e. The van der Waals surface area contributed by atoms with E-state index in [4.69, 9.17) is 5.11 Å².